The van der Waals surface area contributed by atoms with Crippen LogP contribution in [0, 0.1) is 6.92 Å². The molecule has 130 valence electrons. The van der Waals surface area contributed by atoms with Gasteiger partial charge in [-0.25, -0.2) is 0 Å². The topological polar surface area (TPSA) is 59.8 Å². The van der Waals surface area contributed by atoms with Crippen LogP contribution in [0.3, 0.4) is 0 Å². The predicted octanol–water partition coefficient (Wildman–Crippen LogP) is 3.85. The lowest BCUT2D eigenvalue weighted by Crippen LogP contribution is -2.24. The molecular formula is C17H24N4OS2. The fourth-order valence-electron chi connectivity index (χ4n) is 3.24. The molecule has 2 heterocycles. The van der Waals surface area contributed by atoms with Gasteiger partial charge in [-0.05, 0) is 44.6 Å². The minimum atomic E-state index is 0.0233. The maximum atomic E-state index is 12.1. The molecule has 2 aromatic rings. The first kappa shape index (κ1) is 17.5. The molecule has 3 rings (SSSR count). The molecule has 1 amide bonds. The minimum Gasteiger partial charge on any atom is -0.351 e. The SMILES string of the molecule is CSc1nnc(CCCNC(=O)c2ccc(C)s2)n1C1CCCC1. The van der Waals surface area contributed by atoms with Crippen LogP contribution in [0.25, 0.3) is 0 Å². The first-order valence-electron chi connectivity index (χ1n) is 8.51. The van der Waals surface area contributed by atoms with E-state index < -0.39 is 0 Å². The molecule has 0 atom stereocenters. The summed E-state index contributed by atoms with van der Waals surface area (Å²) in [5.74, 6) is 1.09. The molecule has 1 aliphatic carbocycles. The lowest BCUT2D eigenvalue weighted by Gasteiger charge is -2.16. The molecule has 0 unspecified atom stereocenters. The summed E-state index contributed by atoms with van der Waals surface area (Å²) in [5.41, 5.74) is 0. The molecule has 1 N–H and O–H groups in total. The summed E-state index contributed by atoms with van der Waals surface area (Å²) in [6, 6.07) is 4.42. The van der Waals surface area contributed by atoms with Crippen molar-refractivity contribution in [3.63, 3.8) is 0 Å². The molecule has 1 saturated carbocycles. The maximum Gasteiger partial charge on any atom is 0.261 e. The summed E-state index contributed by atoms with van der Waals surface area (Å²) in [6.07, 6.45) is 8.85. The second-order valence-electron chi connectivity index (χ2n) is 6.18. The molecule has 1 aliphatic rings. The number of thiophene rings is 1. The maximum absolute atomic E-state index is 12.1. The second-order valence-corrected chi connectivity index (χ2v) is 8.24. The summed E-state index contributed by atoms with van der Waals surface area (Å²) in [7, 11) is 0. The lowest BCUT2D eigenvalue weighted by atomic mass is 10.2. The Morgan fingerprint density at radius 3 is 2.83 bits per heavy atom. The van der Waals surface area contributed by atoms with Crippen LogP contribution in [-0.4, -0.2) is 33.5 Å². The van der Waals surface area contributed by atoms with Crippen molar-refractivity contribution in [2.45, 2.75) is 56.6 Å². The van der Waals surface area contributed by atoms with E-state index in [1.165, 1.54) is 37.0 Å². The van der Waals surface area contributed by atoms with Crippen molar-refractivity contribution in [2.75, 3.05) is 12.8 Å². The fraction of sp³-hybridized carbons (Fsp3) is 0.588. The fourth-order valence-corrected chi connectivity index (χ4v) is 4.60. The van der Waals surface area contributed by atoms with Crippen LogP contribution in [0.2, 0.25) is 0 Å². The lowest BCUT2D eigenvalue weighted by molar-refractivity contribution is 0.0957. The Hall–Kier alpha value is -1.34. The molecule has 0 spiro atoms. The van der Waals surface area contributed by atoms with E-state index in [1.54, 1.807) is 11.8 Å². The van der Waals surface area contributed by atoms with E-state index in [1.807, 2.05) is 19.1 Å². The van der Waals surface area contributed by atoms with Gasteiger partial charge in [-0.1, -0.05) is 24.6 Å². The van der Waals surface area contributed by atoms with E-state index in [2.05, 4.69) is 26.3 Å². The third-order valence-electron chi connectivity index (χ3n) is 4.43. The number of aryl methyl sites for hydroxylation is 2. The van der Waals surface area contributed by atoms with Gasteiger partial charge in [0.05, 0.1) is 4.88 Å². The highest BCUT2D eigenvalue weighted by Gasteiger charge is 2.23. The van der Waals surface area contributed by atoms with E-state index in [-0.39, 0.29) is 5.91 Å². The summed E-state index contributed by atoms with van der Waals surface area (Å²) >= 11 is 3.20. The Kier molecular flexibility index (Phi) is 5.94. The first-order valence-corrected chi connectivity index (χ1v) is 10.6. The summed E-state index contributed by atoms with van der Waals surface area (Å²) in [4.78, 5) is 14.0. The number of carbonyl (C=O) groups is 1. The quantitative estimate of drug-likeness (QED) is 0.599. The van der Waals surface area contributed by atoms with Gasteiger partial charge in [-0.3, -0.25) is 4.79 Å². The molecule has 0 aromatic carbocycles. The standard InChI is InChI=1S/C17H24N4OS2/c1-12-9-10-14(24-12)16(22)18-11-5-8-15-19-20-17(23-2)21(15)13-6-3-4-7-13/h9-10,13H,3-8,11H2,1-2H3,(H,18,22). The van der Waals surface area contributed by atoms with Crippen molar-refractivity contribution in [1.29, 1.82) is 0 Å². The van der Waals surface area contributed by atoms with Crippen molar-refractivity contribution in [3.05, 3.63) is 27.7 Å². The molecule has 0 radical (unpaired) electrons. The number of aromatic nitrogens is 3. The zero-order valence-corrected chi connectivity index (χ0v) is 15.9. The average molecular weight is 365 g/mol. The van der Waals surface area contributed by atoms with Crippen LogP contribution in [0.15, 0.2) is 17.3 Å². The molecular weight excluding hydrogens is 340 g/mol. The number of hydrogen-bond acceptors (Lipinski definition) is 5. The highest BCUT2D eigenvalue weighted by molar-refractivity contribution is 7.98. The largest absolute Gasteiger partial charge is 0.351 e. The number of nitrogens with one attached hydrogen (secondary N) is 1. The van der Waals surface area contributed by atoms with Gasteiger partial charge in [0.2, 0.25) is 0 Å². The van der Waals surface area contributed by atoms with Crippen molar-refractivity contribution < 1.29 is 4.79 Å². The van der Waals surface area contributed by atoms with Gasteiger partial charge < -0.3 is 9.88 Å². The predicted molar refractivity (Wildman–Crippen MR) is 99.0 cm³/mol. The van der Waals surface area contributed by atoms with Crippen molar-refractivity contribution in [1.82, 2.24) is 20.1 Å². The zero-order valence-electron chi connectivity index (χ0n) is 14.2. The van der Waals surface area contributed by atoms with E-state index in [0.29, 0.717) is 12.6 Å². The number of amides is 1. The van der Waals surface area contributed by atoms with Crippen molar-refractivity contribution in [2.24, 2.45) is 0 Å². The molecule has 0 saturated heterocycles. The Bertz CT molecular complexity index is 689. The number of hydrogen-bond donors (Lipinski definition) is 1. The van der Waals surface area contributed by atoms with E-state index in [0.717, 1.165) is 33.6 Å². The monoisotopic (exact) mass is 364 g/mol. The molecule has 7 heteroatoms. The highest BCUT2D eigenvalue weighted by atomic mass is 32.2. The van der Waals surface area contributed by atoms with E-state index in [9.17, 15) is 4.79 Å². The van der Waals surface area contributed by atoms with Gasteiger partial charge in [0.25, 0.3) is 5.91 Å². The van der Waals surface area contributed by atoms with Crippen molar-refractivity contribution >= 4 is 29.0 Å². The summed E-state index contributed by atoms with van der Waals surface area (Å²) in [5, 5.41) is 12.7. The van der Waals surface area contributed by atoms with Gasteiger partial charge in [0.1, 0.15) is 5.82 Å². The van der Waals surface area contributed by atoms with Gasteiger partial charge in [-0.15, -0.1) is 21.5 Å². The van der Waals surface area contributed by atoms with Crippen LogP contribution >= 0.6 is 23.1 Å². The van der Waals surface area contributed by atoms with Crippen LogP contribution in [0.1, 0.15) is 58.5 Å². The number of nitrogens with zero attached hydrogens (tertiary/aromatic N) is 3. The van der Waals surface area contributed by atoms with Crippen LogP contribution in [-0.2, 0) is 6.42 Å². The number of rotatable bonds is 7. The third-order valence-corrected chi connectivity index (χ3v) is 6.08. The van der Waals surface area contributed by atoms with E-state index in [4.69, 9.17) is 0 Å². The first-order chi connectivity index (χ1) is 11.7. The van der Waals surface area contributed by atoms with Crippen LogP contribution in [0.5, 0.6) is 0 Å². The second kappa shape index (κ2) is 8.16. The van der Waals surface area contributed by atoms with Gasteiger partial charge in [0, 0.05) is 23.9 Å². The molecule has 0 bridgehead atoms. The number of carbonyl (C=O) groups excluding carboxylic acids is 1. The van der Waals surface area contributed by atoms with Crippen LogP contribution < -0.4 is 5.32 Å². The Balaban J connectivity index is 1.53. The molecule has 24 heavy (non-hydrogen) atoms. The molecule has 1 fully saturated rings. The average Bonchev–Trinajstić information content (AvgIpc) is 3.30. The van der Waals surface area contributed by atoms with Crippen molar-refractivity contribution in [3.8, 4) is 0 Å². The van der Waals surface area contributed by atoms with Gasteiger partial charge in [0.15, 0.2) is 5.16 Å². The summed E-state index contributed by atoms with van der Waals surface area (Å²) < 4.78 is 2.34. The molecule has 0 aliphatic heterocycles. The Labute approximate surface area is 151 Å². The minimum absolute atomic E-state index is 0.0233. The van der Waals surface area contributed by atoms with Gasteiger partial charge in [-0.2, -0.15) is 0 Å². The third kappa shape index (κ3) is 4.00. The summed E-state index contributed by atoms with van der Waals surface area (Å²) in [6.45, 7) is 2.68. The Morgan fingerprint density at radius 2 is 2.17 bits per heavy atom. The zero-order chi connectivity index (χ0) is 16.9. The normalized spacial score (nSPS) is 15.1. The smallest absolute Gasteiger partial charge is 0.261 e. The van der Waals surface area contributed by atoms with Gasteiger partial charge >= 0.3 is 0 Å². The molecule has 2 aromatic heterocycles. The molecule has 5 nitrogen and oxygen atoms in total. The Morgan fingerprint density at radius 1 is 1.38 bits per heavy atom. The number of thioether (sulfide) groups is 1. The van der Waals surface area contributed by atoms with Crippen LogP contribution in [0.4, 0.5) is 0 Å². The van der Waals surface area contributed by atoms with E-state index >= 15 is 0 Å². The highest BCUT2D eigenvalue weighted by Crippen LogP contribution is 2.33.